The third-order valence-electron chi connectivity index (χ3n) is 7.52. The molecule has 4 aromatic carbocycles. The van der Waals surface area contributed by atoms with E-state index in [4.69, 9.17) is 0 Å². The summed E-state index contributed by atoms with van der Waals surface area (Å²) in [5.74, 6) is 1.17. The molecule has 0 saturated carbocycles. The van der Waals surface area contributed by atoms with Crippen molar-refractivity contribution in [3.63, 3.8) is 0 Å². The highest BCUT2D eigenvalue weighted by Crippen LogP contribution is 2.33. The zero-order valence-corrected chi connectivity index (χ0v) is 20.7. The summed E-state index contributed by atoms with van der Waals surface area (Å²) >= 11 is 0. The van der Waals surface area contributed by atoms with Gasteiger partial charge < -0.3 is 5.32 Å². The minimum absolute atomic E-state index is 0.323. The van der Waals surface area contributed by atoms with Gasteiger partial charge >= 0.3 is 0 Å². The lowest BCUT2D eigenvalue weighted by molar-refractivity contribution is 0.168. The fourth-order valence-corrected chi connectivity index (χ4v) is 5.52. The van der Waals surface area contributed by atoms with Gasteiger partial charge in [-0.1, -0.05) is 115 Å². The number of likely N-dealkylation sites (tertiary alicyclic amines) is 1. The van der Waals surface area contributed by atoms with Crippen LogP contribution in [0, 0.1) is 5.92 Å². The van der Waals surface area contributed by atoms with Crippen molar-refractivity contribution in [1.82, 2.24) is 10.2 Å². The van der Waals surface area contributed by atoms with Crippen molar-refractivity contribution in [2.75, 3.05) is 26.2 Å². The van der Waals surface area contributed by atoms with E-state index in [9.17, 15) is 0 Å². The predicted octanol–water partition coefficient (Wildman–Crippen LogP) is 7.31. The van der Waals surface area contributed by atoms with Crippen molar-refractivity contribution in [3.05, 3.63) is 126 Å². The topological polar surface area (TPSA) is 15.3 Å². The average molecular weight is 461 g/mol. The molecule has 4 aromatic rings. The number of fused-ring (bicyclic) bond motifs is 1. The van der Waals surface area contributed by atoms with E-state index in [-0.39, 0.29) is 0 Å². The van der Waals surface area contributed by atoms with Crippen LogP contribution in [0.3, 0.4) is 0 Å². The fourth-order valence-electron chi connectivity index (χ4n) is 5.52. The summed E-state index contributed by atoms with van der Waals surface area (Å²) in [4.78, 5) is 2.61. The van der Waals surface area contributed by atoms with E-state index in [0.29, 0.717) is 17.9 Å². The summed E-state index contributed by atoms with van der Waals surface area (Å²) in [6.45, 7) is 6.61. The first-order valence-corrected chi connectivity index (χ1v) is 13.0. The molecule has 1 aliphatic heterocycles. The average Bonchev–Trinajstić information content (AvgIpc) is 2.93. The minimum Gasteiger partial charge on any atom is -0.310 e. The van der Waals surface area contributed by atoms with Gasteiger partial charge in [-0.25, -0.2) is 0 Å². The third-order valence-corrected chi connectivity index (χ3v) is 7.52. The predicted molar refractivity (Wildman–Crippen MR) is 150 cm³/mol. The summed E-state index contributed by atoms with van der Waals surface area (Å²) in [6, 6.07) is 37.4. The highest BCUT2D eigenvalue weighted by Gasteiger charge is 2.30. The highest BCUT2D eigenvalue weighted by molar-refractivity contribution is 5.86. The SMILES string of the molecule is C[C@@H](NCC1CCN(CC=Cc2ccccc2)CC1c1ccccc1)c1cccc2ccccc12. The lowest BCUT2D eigenvalue weighted by Gasteiger charge is -2.39. The molecule has 3 atom stereocenters. The summed E-state index contributed by atoms with van der Waals surface area (Å²) in [5.41, 5.74) is 4.13. The van der Waals surface area contributed by atoms with Crippen LogP contribution < -0.4 is 5.32 Å². The lowest BCUT2D eigenvalue weighted by atomic mass is 9.80. The van der Waals surface area contributed by atoms with E-state index in [2.05, 4.69) is 132 Å². The maximum atomic E-state index is 3.91. The second-order valence-corrected chi connectivity index (χ2v) is 9.84. The van der Waals surface area contributed by atoms with Crippen molar-refractivity contribution in [2.45, 2.75) is 25.3 Å². The number of benzene rings is 4. The summed E-state index contributed by atoms with van der Waals surface area (Å²) in [6.07, 6.45) is 5.78. The van der Waals surface area contributed by atoms with Gasteiger partial charge in [0.05, 0.1) is 0 Å². The van der Waals surface area contributed by atoms with Gasteiger partial charge in [0, 0.05) is 25.0 Å². The first kappa shape index (κ1) is 23.5. The maximum Gasteiger partial charge on any atom is 0.0298 e. The van der Waals surface area contributed by atoms with Crippen molar-refractivity contribution in [3.8, 4) is 0 Å². The Bertz CT molecular complexity index is 1230. The molecule has 2 heteroatoms. The van der Waals surface area contributed by atoms with Gasteiger partial charge in [-0.2, -0.15) is 0 Å². The number of nitrogens with one attached hydrogen (secondary N) is 1. The fraction of sp³-hybridized carbons (Fsp3) is 0.273. The van der Waals surface area contributed by atoms with Crippen molar-refractivity contribution in [2.24, 2.45) is 5.92 Å². The van der Waals surface area contributed by atoms with Gasteiger partial charge in [-0.05, 0) is 59.8 Å². The Morgan fingerprint density at radius 2 is 1.57 bits per heavy atom. The molecule has 2 nitrogen and oxygen atoms in total. The lowest BCUT2D eigenvalue weighted by Crippen LogP contribution is -2.43. The Morgan fingerprint density at radius 1 is 0.857 bits per heavy atom. The van der Waals surface area contributed by atoms with Gasteiger partial charge in [0.15, 0.2) is 0 Å². The molecule has 1 heterocycles. The number of nitrogens with zero attached hydrogens (tertiary/aromatic N) is 1. The van der Waals surface area contributed by atoms with Gasteiger partial charge in [0.25, 0.3) is 0 Å². The highest BCUT2D eigenvalue weighted by atomic mass is 15.1. The van der Waals surface area contributed by atoms with Crippen LogP contribution in [0.5, 0.6) is 0 Å². The molecule has 0 aliphatic carbocycles. The Morgan fingerprint density at radius 3 is 2.40 bits per heavy atom. The molecule has 2 unspecified atom stereocenters. The van der Waals surface area contributed by atoms with E-state index >= 15 is 0 Å². The van der Waals surface area contributed by atoms with E-state index in [1.54, 1.807) is 0 Å². The van der Waals surface area contributed by atoms with E-state index in [1.807, 2.05) is 0 Å². The monoisotopic (exact) mass is 460 g/mol. The van der Waals surface area contributed by atoms with Crippen molar-refractivity contribution >= 4 is 16.8 Å². The van der Waals surface area contributed by atoms with Gasteiger partial charge in [-0.15, -0.1) is 0 Å². The molecule has 0 radical (unpaired) electrons. The van der Waals surface area contributed by atoms with Gasteiger partial charge in [-0.3, -0.25) is 4.90 Å². The third kappa shape index (κ3) is 5.90. The summed E-state index contributed by atoms with van der Waals surface area (Å²) in [7, 11) is 0. The van der Waals surface area contributed by atoms with Crippen LogP contribution in [0.1, 0.15) is 42.0 Å². The van der Waals surface area contributed by atoms with Crippen LogP contribution in [0.15, 0.2) is 109 Å². The van der Waals surface area contributed by atoms with Crippen LogP contribution in [0.2, 0.25) is 0 Å². The second-order valence-electron chi connectivity index (χ2n) is 9.84. The quantitative estimate of drug-likeness (QED) is 0.296. The van der Waals surface area contributed by atoms with Crippen molar-refractivity contribution in [1.29, 1.82) is 0 Å². The smallest absolute Gasteiger partial charge is 0.0298 e. The molecule has 0 amide bonds. The molecule has 1 fully saturated rings. The molecule has 5 rings (SSSR count). The second kappa shape index (κ2) is 11.5. The van der Waals surface area contributed by atoms with E-state index in [0.717, 1.165) is 26.2 Å². The molecule has 0 spiro atoms. The van der Waals surface area contributed by atoms with E-state index in [1.165, 1.54) is 33.9 Å². The van der Waals surface area contributed by atoms with Crippen LogP contribution >= 0.6 is 0 Å². The first-order valence-electron chi connectivity index (χ1n) is 13.0. The maximum absolute atomic E-state index is 3.91. The minimum atomic E-state index is 0.323. The van der Waals surface area contributed by atoms with Crippen LogP contribution in [-0.4, -0.2) is 31.1 Å². The van der Waals surface area contributed by atoms with Crippen molar-refractivity contribution < 1.29 is 0 Å². The van der Waals surface area contributed by atoms with Crippen LogP contribution in [0.25, 0.3) is 16.8 Å². The number of rotatable bonds is 8. The number of hydrogen-bond acceptors (Lipinski definition) is 2. The Hall–Kier alpha value is -3.20. The van der Waals surface area contributed by atoms with Gasteiger partial charge in [0.2, 0.25) is 0 Å². The molecule has 0 aromatic heterocycles. The van der Waals surface area contributed by atoms with E-state index < -0.39 is 0 Å². The molecule has 178 valence electrons. The molecular formula is C33H36N2. The van der Waals surface area contributed by atoms with Crippen LogP contribution in [-0.2, 0) is 0 Å². The normalized spacial score (nSPS) is 19.8. The number of piperidine rings is 1. The molecular weight excluding hydrogens is 424 g/mol. The molecule has 1 aliphatic rings. The Labute approximate surface area is 210 Å². The first-order chi connectivity index (χ1) is 17.3. The molecule has 35 heavy (non-hydrogen) atoms. The zero-order valence-electron chi connectivity index (χ0n) is 20.7. The largest absolute Gasteiger partial charge is 0.310 e. The molecule has 0 bridgehead atoms. The molecule has 1 saturated heterocycles. The van der Waals surface area contributed by atoms with Crippen LogP contribution in [0.4, 0.5) is 0 Å². The standard InChI is InChI=1S/C33H36N2/c1-26(31-20-10-18-28-17-8-9-19-32(28)31)34-24-30-21-23-35(22-11-14-27-12-4-2-5-13-27)25-33(30)29-15-6-3-7-16-29/h2-20,26,30,33-34H,21-25H2,1H3/t26-,30?,33?/m1/s1. The zero-order chi connectivity index (χ0) is 23.9. The summed E-state index contributed by atoms with van der Waals surface area (Å²) < 4.78 is 0. The molecule has 1 N–H and O–H groups in total. The van der Waals surface area contributed by atoms with Gasteiger partial charge in [0.1, 0.15) is 0 Å². The Kier molecular flexibility index (Phi) is 7.72. The number of hydrogen-bond donors (Lipinski definition) is 1. The Balaban J connectivity index is 1.26. The summed E-state index contributed by atoms with van der Waals surface area (Å²) in [5, 5.41) is 6.58.